The fourth-order valence-corrected chi connectivity index (χ4v) is 3.17. The number of aryl methyl sites for hydroxylation is 1. The van der Waals surface area contributed by atoms with E-state index < -0.39 is 0 Å². The maximum atomic E-state index is 12.6. The summed E-state index contributed by atoms with van der Waals surface area (Å²) in [5.74, 6) is 0.221. The third-order valence-electron chi connectivity index (χ3n) is 4.48. The van der Waals surface area contributed by atoms with Gasteiger partial charge in [0, 0.05) is 25.0 Å². The molecule has 2 aromatic heterocycles. The van der Waals surface area contributed by atoms with Crippen molar-refractivity contribution < 1.29 is 4.79 Å². The molecule has 0 aliphatic carbocycles. The molecule has 1 N–H and O–H groups in total. The van der Waals surface area contributed by atoms with Crippen LogP contribution < -0.4 is 10.2 Å². The fraction of sp³-hybridized carbons (Fsp3) is 0.333. The minimum absolute atomic E-state index is 0.121. The Hall–Kier alpha value is -2.96. The van der Waals surface area contributed by atoms with Crippen molar-refractivity contribution in [3.8, 4) is 0 Å². The quantitative estimate of drug-likeness (QED) is 0.796. The number of piperidine rings is 1. The van der Waals surface area contributed by atoms with Gasteiger partial charge < -0.3 is 10.2 Å². The first kappa shape index (κ1) is 15.6. The average molecular weight is 336 g/mol. The number of carbonyl (C=O) groups excluding carboxylic acids is 1. The molecule has 4 rings (SSSR count). The van der Waals surface area contributed by atoms with Crippen molar-refractivity contribution in [3.63, 3.8) is 0 Å². The first-order valence-corrected chi connectivity index (χ1v) is 8.56. The Balaban J connectivity index is 1.61. The van der Waals surface area contributed by atoms with E-state index in [2.05, 4.69) is 25.3 Å². The molecule has 0 spiro atoms. The third kappa shape index (κ3) is 3.05. The monoisotopic (exact) mass is 336 g/mol. The molecule has 1 aliphatic rings. The standard InChI is InChI=1S/C18H20N6O/c1-13-9-10-19-18-21-16(22-24(13)18)17(25)20-14-7-3-4-8-15(14)23-11-5-2-6-12-23/h3-4,7-10H,2,5-6,11-12H2,1H3,(H,20,25). The van der Waals surface area contributed by atoms with Crippen LogP contribution in [0.4, 0.5) is 11.4 Å². The van der Waals surface area contributed by atoms with Crippen LogP contribution in [0.3, 0.4) is 0 Å². The van der Waals surface area contributed by atoms with Gasteiger partial charge in [-0.15, -0.1) is 5.10 Å². The number of hydrogen-bond donors (Lipinski definition) is 1. The highest BCUT2D eigenvalue weighted by molar-refractivity contribution is 6.03. The van der Waals surface area contributed by atoms with E-state index in [1.54, 1.807) is 10.7 Å². The molecule has 1 fully saturated rings. The molecule has 0 saturated carbocycles. The number of para-hydroxylation sites is 2. The molecular weight excluding hydrogens is 316 g/mol. The predicted octanol–water partition coefficient (Wildman–Crippen LogP) is 2.68. The summed E-state index contributed by atoms with van der Waals surface area (Å²) in [6.07, 6.45) is 5.29. The lowest BCUT2D eigenvalue weighted by Crippen LogP contribution is -2.30. The van der Waals surface area contributed by atoms with Gasteiger partial charge >= 0.3 is 0 Å². The summed E-state index contributed by atoms with van der Waals surface area (Å²) in [7, 11) is 0. The Kier molecular flexibility index (Phi) is 4.05. The smallest absolute Gasteiger partial charge is 0.295 e. The maximum Gasteiger partial charge on any atom is 0.295 e. The molecule has 0 unspecified atom stereocenters. The van der Waals surface area contributed by atoms with Crippen LogP contribution in [0, 0.1) is 6.92 Å². The van der Waals surface area contributed by atoms with Crippen LogP contribution in [-0.2, 0) is 0 Å². The van der Waals surface area contributed by atoms with Crippen molar-refractivity contribution in [3.05, 3.63) is 48.0 Å². The fourth-order valence-electron chi connectivity index (χ4n) is 3.17. The Morgan fingerprint density at radius 1 is 1.12 bits per heavy atom. The molecule has 1 saturated heterocycles. The number of carbonyl (C=O) groups is 1. The summed E-state index contributed by atoms with van der Waals surface area (Å²) in [6.45, 7) is 3.93. The minimum atomic E-state index is -0.325. The minimum Gasteiger partial charge on any atom is -0.370 e. The number of nitrogens with zero attached hydrogens (tertiary/aromatic N) is 5. The molecular formula is C18H20N6O. The van der Waals surface area contributed by atoms with Gasteiger partial charge in [-0.2, -0.15) is 4.98 Å². The van der Waals surface area contributed by atoms with Crippen LogP contribution >= 0.6 is 0 Å². The highest BCUT2D eigenvalue weighted by atomic mass is 16.2. The number of fused-ring (bicyclic) bond motifs is 1. The largest absolute Gasteiger partial charge is 0.370 e. The second kappa shape index (κ2) is 6.51. The number of hydrogen-bond acceptors (Lipinski definition) is 5. The van der Waals surface area contributed by atoms with Gasteiger partial charge in [0.05, 0.1) is 11.4 Å². The van der Waals surface area contributed by atoms with Crippen molar-refractivity contribution in [1.82, 2.24) is 19.6 Å². The van der Waals surface area contributed by atoms with Crippen LogP contribution in [0.5, 0.6) is 0 Å². The lowest BCUT2D eigenvalue weighted by molar-refractivity contribution is 0.101. The summed E-state index contributed by atoms with van der Waals surface area (Å²) in [6, 6.07) is 9.71. The van der Waals surface area contributed by atoms with E-state index in [9.17, 15) is 4.79 Å². The molecule has 0 atom stereocenters. The Morgan fingerprint density at radius 3 is 2.72 bits per heavy atom. The zero-order valence-electron chi connectivity index (χ0n) is 14.1. The van der Waals surface area contributed by atoms with E-state index in [0.717, 1.165) is 30.2 Å². The van der Waals surface area contributed by atoms with Gasteiger partial charge in [0.25, 0.3) is 11.7 Å². The van der Waals surface area contributed by atoms with Crippen molar-refractivity contribution >= 4 is 23.1 Å². The van der Waals surface area contributed by atoms with E-state index in [-0.39, 0.29) is 11.7 Å². The molecule has 3 heterocycles. The predicted molar refractivity (Wildman–Crippen MR) is 96.0 cm³/mol. The normalized spacial score (nSPS) is 14.7. The van der Waals surface area contributed by atoms with Gasteiger partial charge in [-0.3, -0.25) is 4.79 Å². The number of anilines is 2. The molecule has 0 bridgehead atoms. The summed E-state index contributed by atoms with van der Waals surface area (Å²) >= 11 is 0. The summed E-state index contributed by atoms with van der Waals surface area (Å²) in [4.78, 5) is 23.3. The van der Waals surface area contributed by atoms with Crippen LogP contribution in [0.1, 0.15) is 35.6 Å². The SMILES string of the molecule is Cc1ccnc2nc(C(=O)Nc3ccccc3N3CCCCC3)nn12. The van der Waals surface area contributed by atoms with Crippen LogP contribution in [0.25, 0.3) is 5.78 Å². The van der Waals surface area contributed by atoms with Gasteiger partial charge in [0.1, 0.15) is 0 Å². The number of nitrogens with one attached hydrogen (secondary N) is 1. The number of benzene rings is 1. The summed E-state index contributed by atoms with van der Waals surface area (Å²) in [5, 5.41) is 7.23. The lowest BCUT2D eigenvalue weighted by atomic mass is 10.1. The molecule has 3 aromatic rings. The topological polar surface area (TPSA) is 75.4 Å². The van der Waals surface area contributed by atoms with Gasteiger partial charge in [0.15, 0.2) is 0 Å². The highest BCUT2D eigenvalue weighted by Crippen LogP contribution is 2.28. The summed E-state index contributed by atoms with van der Waals surface area (Å²) in [5.41, 5.74) is 2.72. The van der Waals surface area contributed by atoms with Crippen molar-refractivity contribution in [2.45, 2.75) is 26.2 Å². The highest BCUT2D eigenvalue weighted by Gasteiger charge is 2.18. The van der Waals surface area contributed by atoms with Crippen molar-refractivity contribution in [2.75, 3.05) is 23.3 Å². The van der Waals surface area contributed by atoms with Crippen LogP contribution in [-0.4, -0.2) is 38.6 Å². The van der Waals surface area contributed by atoms with E-state index >= 15 is 0 Å². The molecule has 7 heteroatoms. The molecule has 1 aliphatic heterocycles. The maximum absolute atomic E-state index is 12.6. The van der Waals surface area contributed by atoms with Crippen LogP contribution in [0.2, 0.25) is 0 Å². The van der Waals surface area contributed by atoms with Gasteiger partial charge in [-0.05, 0) is 44.4 Å². The number of aromatic nitrogens is 4. The molecule has 1 amide bonds. The Labute approximate surface area is 145 Å². The lowest BCUT2D eigenvalue weighted by Gasteiger charge is -2.30. The number of rotatable bonds is 3. The zero-order valence-corrected chi connectivity index (χ0v) is 14.1. The molecule has 0 radical (unpaired) electrons. The van der Waals surface area contributed by atoms with Gasteiger partial charge in [-0.25, -0.2) is 9.50 Å². The van der Waals surface area contributed by atoms with Crippen molar-refractivity contribution in [2.24, 2.45) is 0 Å². The Bertz CT molecular complexity index is 913. The van der Waals surface area contributed by atoms with E-state index in [0.29, 0.717) is 5.78 Å². The molecule has 128 valence electrons. The number of amides is 1. The molecule has 25 heavy (non-hydrogen) atoms. The summed E-state index contributed by atoms with van der Waals surface area (Å²) < 4.78 is 1.57. The van der Waals surface area contributed by atoms with E-state index in [4.69, 9.17) is 0 Å². The molecule has 7 nitrogen and oxygen atoms in total. The zero-order chi connectivity index (χ0) is 17.2. The van der Waals surface area contributed by atoms with Gasteiger partial charge in [-0.1, -0.05) is 12.1 Å². The second-order valence-corrected chi connectivity index (χ2v) is 6.25. The van der Waals surface area contributed by atoms with E-state index in [1.807, 2.05) is 37.3 Å². The third-order valence-corrected chi connectivity index (χ3v) is 4.48. The van der Waals surface area contributed by atoms with Crippen LogP contribution in [0.15, 0.2) is 36.5 Å². The van der Waals surface area contributed by atoms with E-state index in [1.165, 1.54) is 19.3 Å². The first-order chi connectivity index (χ1) is 12.2. The molecule has 1 aromatic carbocycles. The second-order valence-electron chi connectivity index (χ2n) is 6.25. The van der Waals surface area contributed by atoms with Gasteiger partial charge in [0.2, 0.25) is 5.82 Å². The average Bonchev–Trinajstić information content (AvgIpc) is 3.09. The first-order valence-electron chi connectivity index (χ1n) is 8.56. The Morgan fingerprint density at radius 2 is 1.92 bits per heavy atom. The van der Waals surface area contributed by atoms with Crippen molar-refractivity contribution in [1.29, 1.82) is 0 Å².